The van der Waals surface area contributed by atoms with Crippen molar-refractivity contribution < 1.29 is 35.6 Å². The number of rotatable bonds is 9. The minimum Gasteiger partial charge on any atom is -0.381 e. The van der Waals surface area contributed by atoms with Crippen molar-refractivity contribution in [3.8, 4) is 0 Å². The number of anilines is 2. The van der Waals surface area contributed by atoms with Gasteiger partial charge in [-0.3, -0.25) is 4.90 Å². The highest BCUT2D eigenvalue weighted by Crippen LogP contribution is 2.45. The first-order chi connectivity index (χ1) is 18.5. The number of sulfonamides is 1. The van der Waals surface area contributed by atoms with E-state index in [0.717, 1.165) is 66.7 Å². The summed E-state index contributed by atoms with van der Waals surface area (Å²) in [6.07, 6.45) is -3.18. The average molecular weight is 585 g/mol. The van der Waals surface area contributed by atoms with E-state index in [9.17, 15) is 26.4 Å². The molecule has 1 aliphatic heterocycles. The van der Waals surface area contributed by atoms with Crippen LogP contribution < -0.4 is 9.79 Å². The molecule has 2 fully saturated rings. The molecule has 0 unspecified atom stereocenters. The monoisotopic (exact) mass is 584 g/mol. The number of alkyl halides is 3. The van der Waals surface area contributed by atoms with Crippen LogP contribution in [0.1, 0.15) is 36.3 Å². The summed E-state index contributed by atoms with van der Waals surface area (Å²) in [7, 11) is -5.10. The lowest BCUT2D eigenvalue weighted by molar-refractivity contribution is -0.199. The van der Waals surface area contributed by atoms with Crippen LogP contribution in [0.15, 0.2) is 58.3 Å². The number of hydrogen-bond acceptors (Lipinski definition) is 8. The first-order valence-corrected chi connectivity index (χ1v) is 14.5. The summed E-state index contributed by atoms with van der Waals surface area (Å²) in [6, 6.07) is 12.1. The van der Waals surface area contributed by atoms with E-state index in [1.54, 1.807) is 0 Å². The van der Waals surface area contributed by atoms with Gasteiger partial charge in [0.15, 0.2) is 5.82 Å². The Kier molecular flexibility index (Phi) is 7.53. The number of halogens is 4. The first-order valence-electron chi connectivity index (χ1n) is 12.1. The second-order valence-electron chi connectivity index (χ2n) is 9.45. The van der Waals surface area contributed by atoms with Crippen molar-refractivity contribution in [3.05, 3.63) is 70.3 Å². The SMILES string of the molecule is O=C(ON(c1cscn1)S(=O)(=O)c1cc(C2CC2)c(N[C@H]2CCN(Cc3ccccc3)C2)cc1F)C(F)(F)F. The normalized spacial score (nSPS) is 18.2. The van der Waals surface area contributed by atoms with E-state index in [0.29, 0.717) is 17.8 Å². The predicted octanol–water partition coefficient (Wildman–Crippen LogP) is 5.06. The Morgan fingerprint density at radius 3 is 2.56 bits per heavy atom. The third-order valence-corrected chi connectivity index (χ3v) is 8.64. The second kappa shape index (κ2) is 10.7. The Hall–Kier alpha value is -3.23. The number of carbonyl (C=O) groups excluding carboxylic acids is 1. The van der Waals surface area contributed by atoms with E-state index in [-0.39, 0.29) is 16.4 Å². The smallest absolute Gasteiger partial charge is 0.381 e. The maximum Gasteiger partial charge on any atom is 0.493 e. The quantitative estimate of drug-likeness (QED) is 0.278. The maximum absolute atomic E-state index is 15.4. The third kappa shape index (κ3) is 6.17. The van der Waals surface area contributed by atoms with Crippen molar-refractivity contribution in [1.29, 1.82) is 0 Å². The zero-order valence-corrected chi connectivity index (χ0v) is 22.0. The Balaban J connectivity index is 1.40. The molecule has 5 rings (SSSR count). The maximum atomic E-state index is 15.4. The van der Waals surface area contributed by atoms with Crippen LogP contribution in [0, 0.1) is 5.82 Å². The minimum absolute atomic E-state index is 0.00712. The van der Waals surface area contributed by atoms with Gasteiger partial charge in [0.2, 0.25) is 0 Å². The van der Waals surface area contributed by atoms with Crippen molar-refractivity contribution in [2.45, 2.75) is 48.8 Å². The van der Waals surface area contributed by atoms with Crippen LogP contribution in [-0.4, -0.2) is 49.6 Å². The van der Waals surface area contributed by atoms with E-state index in [4.69, 9.17) is 0 Å². The highest BCUT2D eigenvalue weighted by molar-refractivity contribution is 7.92. The van der Waals surface area contributed by atoms with Crippen LogP contribution >= 0.6 is 11.3 Å². The van der Waals surface area contributed by atoms with Crippen molar-refractivity contribution in [2.75, 3.05) is 22.9 Å². The highest BCUT2D eigenvalue weighted by Gasteiger charge is 2.46. The van der Waals surface area contributed by atoms with Crippen LogP contribution in [0.5, 0.6) is 0 Å². The summed E-state index contributed by atoms with van der Waals surface area (Å²) in [6.45, 7) is 2.29. The van der Waals surface area contributed by atoms with Crippen LogP contribution in [0.25, 0.3) is 0 Å². The van der Waals surface area contributed by atoms with E-state index < -0.39 is 38.7 Å². The Morgan fingerprint density at radius 1 is 1.18 bits per heavy atom. The number of carbonyl (C=O) groups is 1. The summed E-state index contributed by atoms with van der Waals surface area (Å²) in [5.41, 5.74) is 3.29. The zero-order valence-electron chi connectivity index (χ0n) is 20.4. The number of hydrogen-bond donors (Lipinski definition) is 1. The van der Waals surface area contributed by atoms with Gasteiger partial charge in [0.05, 0.1) is 5.51 Å². The summed E-state index contributed by atoms with van der Waals surface area (Å²) < 4.78 is 80.5. The molecule has 1 atom stereocenters. The van der Waals surface area contributed by atoms with E-state index in [1.807, 2.05) is 30.3 Å². The number of aromatic nitrogens is 1. The molecule has 2 aromatic carbocycles. The molecule has 2 heterocycles. The molecule has 0 bridgehead atoms. The number of nitrogens with zero attached hydrogens (tertiary/aromatic N) is 3. The molecule has 0 amide bonds. The fraction of sp³-hybridized carbons (Fsp3) is 0.360. The molecule has 0 radical (unpaired) electrons. The third-order valence-electron chi connectivity index (χ3n) is 6.50. The molecule has 1 aromatic heterocycles. The molecule has 0 spiro atoms. The molecule has 1 saturated heterocycles. The standard InChI is InChI=1S/C25H24F4N4O4S2/c26-20-11-21(31-18-8-9-32(13-18)12-16-4-2-1-3-5-16)19(17-6-7-17)10-22(20)39(35,36)33(23-14-38-15-30-23)37-24(34)25(27,28)29/h1-5,10-11,14-15,17-18,31H,6-9,12-13H2/t18-/m0/s1. The number of nitrogens with one attached hydrogen (secondary N) is 1. The average Bonchev–Trinajstić information content (AvgIpc) is 3.39. The van der Waals surface area contributed by atoms with Gasteiger partial charge in [0, 0.05) is 36.7 Å². The van der Waals surface area contributed by atoms with Gasteiger partial charge < -0.3 is 10.2 Å². The molecular weight excluding hydrogens is 560 g/mol. The van der Waals surface area contributed by atoms with Gasteiger partial charge in [-0.25, -0.2) is 14.2 Å². The van der Waals surface area contributed by atoms with Gasteiger partial charge in [-0.15, -0.1) is 11.3 Å². The fourth-order valence-electron chi connectivity index (χ4n) is 4.51. The number of benzene rings is 2. The molecule has 14 heteroatoms. The van der Waals surface area contributed by atoms with Crippen molar-refractivity contribution in [2.24, 2.45) is 0 Å². The van der Waals surface area contributed by atoms with E-state index >= 15 is 4.39 Å². The zero-order chi connectivity index (χ0) is 27.8. The van der Waals surface area contributed by atoms with Crippen LogP contribution in [0.4, 0.5) is 29.1 Å². The molecule has 1 saturated carbocycles. The molecule has 208 valence electrons. The highest BCUT2D eigenvalue weighted by atomic mass is 32.2. The van der Waals surface area contributed by atoms with E-state index in [1.165, 1.54) is 5.56 Å². The van der Waals surface area contributed by atoms with Gasteiger partial charge in [0.1, 0.15) is 10.7 Å². The van der Waals surface area contributed by atoms with Gasteiger partial charge in [-0.05, 0) is 48.4 Å². The van der Waals surface area contributed by atoms with Crippen LogP contribution in [0.3, 0.4) is 0 Å². The van der Waals surface area contributed by atoms with Crippen LogP contribution in [0.2, 0.25) is 0 Å². The Bertz CT molecular complexity index is 1430. The fourth-order valence-corrected chi connectivity index (χ4v) is 6.36. The lowest BCUT2D eigenvalue weighted by atomic mass is 10.1. The van der Waals surface area contributed by atoms with Gasteiger partial charge >= 0.3 is 12.1 Å². The number of likely N-dealkylation sites (tertiary alicyclic amines) is 1. The summed E-state index contributed by atoms with van der Waals surface area (Å²) in [4.78, 5) is 20.7. The Labute approximate surface area is 226 Å². The summed E-state index contributed by atoms with van der Waals surface area (Å²) in [5.74, 6) is -4.60. The molecule has 8 nitrogen and oxygen atoms in total. The minimum atomic E-state index is -5.48. The van der Waals surface area contributed by atoms with Crippen LogP contribution in [-0.2, 0) is 26.2 Å². The molecule has 1 N–H and O–H groups in total. The molecule has 3 aromatic rings. The summed E-state index contributed by atoms with van der Waals surface area (Å²) >= 11 is 0.859. The van der Waals surface area contributed by atoms with Gasteiger partial charge in [-0.1, -0.05) is 34.8 Å². The lowest BCUT2D eigenvalue weighted by Gasteiger charge is -2.23. The predicted molar refractivity (Wildman–Crippen MR) is 136 cm³/mol. The van der Waals surface area contributed by atoms with Crippen molar-refractivity contribution in [3.63, 3.8) is 0 Å². The number of thiazole rings is 1. The topological polar surface area (TPSA) is 91.8 Å². The van der Waals surface area contributed by atoms with Gasteiger partial charge in [-0.2, -0.15) is 21.6 Å². The summed E-state index contributed by atoms with van der Waals surface area (Å²) in [5, 5.41) is 4.41. The molecule has 1 aliphatic carbocycles. The van der Waals surface area contributed by atoms with E-state index in [2.05, 4.69) is 20.0 Å². The molecule has 2 aliphatic rings. The van der Waals surface area contributed by atoms with Gasteiger partial charge in [0.25, 0.3) is 10.0 Å². The molecule has 39 heavy (non-hydrogen) atoms. The molecular formula is C25H24F4N4O4S2. The Morgan fingerprint density at radius 2 is 1.92 bits per heavy atom. The van der Waals surface area contributed by atoms with Crippen molar-refractivity contribution >= 4 is 38.8 Å². The lowest BCUT2D eigenvalue weighted by Crippen LogP contribution is -2.39. The first kappa shape index (κ1) is 27.3. The van der Waals surface area contributed by atoms with Crippen molar-refractivity contribution in [1.82, 2.24) is 9.88 Å². The second-order valence-corrected chi connectivity index (χ2v) is 11.9. The largest absolute Gasteiger partial charge is 0.493 e.